The zero-order chi connectivity index (χ0) is 15.4. The van der Waals surface area contributed by atoms with Gasteiger partial charge in [0.05, 0.1) is 10.6 Å². The van der Waals surface area contributed by atoms with Gasteiger partial charge in [-0.15, -0.1) is 0 Å². The van der Waals surface area contributed by atoms with Crippen LogP contribution in [0.5, 0.6) is 0 Å². The largest absolute Gasteiger partial charge is 0.323 e. The van der Waals surface area contributed by atoms with Crippen LogP contribution in [0.2, 0.25) is 0 Å². The summed E-state index contributed by atoms with van der Waals surface area (Å²) < 4.78 is 49.8. The fourth-order valence-electron chi connectivity index (χ4n) is 1.54. The smallest absolute Gasteiger partial charge is 0.242 e. The van der Waals surface area contributed by atoms with Crippen LogP contribution in [-0.4, -0.2) is 29.6 Å². The Labute approximate surface area is 119 Å². The Hall–Kier alpha value is -1.16. The van der Waals surface area contributed by atoms with E-state index in [4.69, 9.17) is 5.84 Å². The van der Waals surface area contributed by atoms with Gasteiger partial charge in [0.25, 0.3) is 0 Å². The third-order valence-corrected chi connectivity index (χ3v) is 5.26. The van der Waals surface area contributed by atoms with Gasteiger partial charge in [-0.2, -0.15) is 0 Å². The minimum Gasteiger partial charge on any atom is -0.323 e. The number of sulfone groups is 1. The molecule has 7 nitrogen and oxygen atoms in total. The van der Waals surface area contributed by atoms with E-state index >= 15 is 0 Å². The number of unbranched alkanes of at least 4 members (excludes halogenated alkanes) is 1. The van der Waals surface area contributed by atoms with Crippen molar-refractivity contribution >= 4 is 25.5 Å². The van der Waals surface area contributed by atoms with Gasteiger partial charge in [0.2, 0.25) is 10.0 Å². The first kappa shape index (κ1) is 16.9. The van der Waals surface area contributed by atoms with Gasteiger partial charge in [-0.3, -0.25) is 5.84 Å². The predicted octanol–water partition coefficient (Wildman–Crippen LogP) is 0.454. The molecule has 0 radical (unpaired) electrons. The van der Waals surface area contributed by atoms with Crippen LogP contribution in [-0.2, 0) is 19.9 Å². The van der Waals surface area contributed by atoms with Crippen LogP contribution in [0, 0.1) is 0 Å². The molecule has 9 heteroatoms. The molecule has 0 saturated heterocycles. The molecular formula is C11H19N3O4S2. The third kappa shape index (κ3) is 4.17. The Balaban J connectivity index is 3.27. The molecule has 114 valence electrons. The highest BCUT2D eigenvalue weighted by molar-refractivity contribution is 7.91. The van der Waals surface area contributed by atoms with Crippen molar-refractivity contribution in [2.45, 2.75) is 29.6 Å². The maximum absolute atomic E-state index is 12.2. The molecule has 0 atom stereocenters. The molecule has 0 saturated carbocycles. The number of rotatable bonds is 7. The normalized spacial score (nSPS) is 12.3. The lowest BCUT2D eigenvalue weighted by atomic mass is 10.3. The predicted molar refractivity (Wildman–Crippen MR) is 77.5 cm³/mol. The van der Waals surface area contributed by atoms with E-state index < -0.39 is 19.9 Å². The van der Waals surface area contributed by atoms with Crippen LogP contribution in [0.4, 0.5) is 5.69 Å². The summed E-state index contributed by atoms with van der Waals surface area (Å²) in [5.41, 5.74) is 2.40. The monoisotopic (exact) mass is 321 g/mol. The molecule has 0 bridgehead atoms. The number of sulfonamides is 1. The summed E-state index contributed by atoms with van der Waals surface area (Å²) in [5, 5.41) is 0. The van der Waals surface area contributed by atoms with Gasteiger partial charge < -0.3 is 5.43 Å². The second kappa shape index (κ2) is 6.53. The lowest BCUT2D eigenvalue weighted by Crippen LogP contribution is -2.26. The van der Waals surface area contributed by atoms with Crippen LogP contribution in [0.15, 0.2) is 28.0 Å². The highest BCUT2D eigenvalue weighted by Crippen LogP contribution is 2.24. The summed E-state index contributed by atoms with van der Waals surface area (Å²) in [7, 11) is -7.31. The number of hydrogen-bond donors (Lipinski definition) is 3. The summed E-state index contributed by atoms with van der Waals surface area (Å²) in [6, 6.07) is 3.72. The maximum atomic E-state index is 12.2. The Morgan fingerprint density at radius 2 is 1.85 bits per heavy atom. The van der Waals surface area contributed by atoms with E-state index in [1.165, 1.54) is 12.1 Å². The van der Waals surface area contributed by atoms with Gasteiger partial charge >= 0.3 is 0 Å². The molecule has 0 unspecified atom stereocenters. The van der Waals surface area contributed by atoms with E-state index in [9.17, 15) is 16.8 Å². The molecule has 1 aromatic rings. The molecular weight excluding hydrogens is 302 g/mol. The van der Waals surface area contributed by atoms with Crippen LogP contribution in [0.3, 0.4) is 0 Å². The van der Waals surface area contributed by atoms with Gasteiger partial charge in [-0.1, -0.05) is 13.3 Å². The molecule has 1 rings (SSSR count). The van der Waals surface area contributed by atoms with Crippen LogP contribution >= 0.6 is 0 Å². The van der Waals surface area contributed by atoms with Gasteiger partial charge in [-0.25, -0.2) is 21.6 Å². The molecule has 4 N–H and O–H groups in total. The Bertz CT molecular complexity index is 669. The van der Waals surface area contributed by atoms with Crippen molar-refractivity contribution in [3.05, 3.63) is 18.2 Å². The molecule has 1 aromatic carbocycles. The topological polar surface area (TPSA) is 118 Å². The van der Waals surface area contributed by atoms with Crippen LogP contribution in [0.25, 0.3) is 0 Å². The third-order valence-electron chi connectivity index (χ3n) is 2.65. The minimum atomic E-state index is -3.81. The lowest BCUT2D eigenvalue weighted by molar-refractivity contribution is 0.578. The standard InChI is InChI=1S/C11H19N3O4S2/c1-3-4-7-13-20(17,18)11-8-9(19(2,15)16)5-6-10(11)14-12/h5-6,8,13-14H,3-4,7,12H2,1-2H3. The van der Waals surface area contributed by atoms with E-state index in [-0.39, 0.29) is 22.0 Å². The van der Waals surface area contributed by atoms with Crippen molar-refractivity contribution in [3.8, 4) is 0 Å². The molecule has 0 fully saturated rings. The first-order valence-corrected chi connectivity index (χ1v) is 9.40. The van der Waals surface area contributed by atoms with Crippen molar-refractivity contribution < 1.29 is 16.8 Å². The fourth-order valence-corrected chi connectivity index (χ4v) is 3.52. The van der Waals surface area contributed by atoms with Crippen molar-refractivity contribution in [2.75, 3.05) is 18.2 Å². The maximum Gasteiger partial charge on any atom is 0.242 e. The molecule has 20 heavy (non-hydrogen) atoms. The number of hydrogen-bond acceptors (Lipinski definition) is 6. The molecule has 0 amide bonds. The lowest BCUT2D eigenvalue weighted by Gasteiger charge is -2.12. The van der Waals surface area contributed by atoms with Crippen LogP contribution in [0.1, 0.15) is 19.8 Å². The Morgan fingerprint density at radius 3 is 2.35 bits per heavy atom. The summed E-state index contributed by atoms with van der Waals surface area (Å²) in [5.74, 6) is 5.27. The summed E-state index contributed by atoms with van der Waals surface area (Å²) >= 11 is 0. The zero-order valence-electron chi connectivity index (χ0n) is 11.4. The SMILES string of the molecule is CCCCNS(=O)(=O)c1cc(S(C)(=O)=O)ccc1NN. The second-order valence-corrected chi connectivity index (χ2v) is 8.08. The first-order valence-electron chi connectivity index (χ1n) is 6.02. The number of hydrazine groups is 1. The number of nitrogen functional groups attached to an aromatic ring is 1. The highest BCUT2D eigenvalue weighted by atomic mass is 32.2. The second-order valence-electron chi connectivity index (χ2n) is 4.33. The number of benzene rings is 1. The van der Waals surface area contributed by atoms with Gasteiger partial charge in [0.1, 0.15) is 4.90 Å². The summed E-state index contributed by atoms with van der Waals surface area (Å²) in [4.78, 5) is -0.258. The molecule has 0 aliphatic heterocycles. The molecule has 0 spiro atoms. The fraction of sp³-hybridized carbons (Fsp3) is 0.455. The molecule has 0 aromatic heterocycles. The van der Waals surface area contributed by atoms with Crippen molar-refractivity contribution in [3.63, 3.8) is 0 Å². The number of nitrogens with one attached hydrogen (secondary N) is 2. The van der Waals surface area contributed by atoms with E-state index in [0.717, 1.165) is 18.7 Å². The van der Waals surface area contributed by atoms with Crippen molar-refractivity contribution in [1.82, 2.24) is 4.72 Å². The average Bonchev–Trinajstić information content (AvgIpc) is 2.37. The first-order chi connectivity index (χ1) is 9.22. The molecule has 0 aliphatic rings. The van der Waals surface area contributed by atoms with E-state index in [0.29, 0.717) is 6.42 Å². The van der Waals surface area contributed by atoms with E-state index in [1.807, 2.05) is 6.92 Å². The van der Waals surface area contributed by atoms with Gasteiger partial charge in [0.15, 0.2) is 9.84 Å². The molecule has 0 aliphatic carbocycles. The number of nitrogens with two attached hydrogens (primary N) is 1. The quantitative estimate of drug-likeness (QED) is 0.381. The Morgan fingerprint density at radius 1 is 1.20 bits per heavy atom. The summed E-state index contributed by atoms with van der Waals surface area (Å²) in [6.45, 7) is 2.22. The average molecular weight is 321 g/mol. The van der Waals surface area contributed by atoms with Gasteiger partial charge in [0, 0.05) is 12.8 Å². The van der Waals surface area contributed by atoms with E-state index in [2.05, 4.69) is 10.1 Å². The summed E-state index contributed by atoms with van der Waals surface area (Å²) in [6.07, 6.45) is 2.54. The van der Waals surface area contributed by atoms with Crippen molar-refractivity contribution in [1.29, 1.82) is 0 Å². The minimum absolute atomic E-state index is 0.0765. The van der Waals surface area contributed by atoms with Gasteiger partial charge in [-0.05, 0) is 24.6 Å². The Kier molecular flexibility index (Phi) is 5.51. The highest BCUT2D eigenvalue weighted by Gasteiger charge is 2.20. The van der Waals surface area contributed by atoms with E-state index in [1.54, 1.807) is 0 Å². The number of anilines is 1. The molecule has 0 heterocycles. The van der Waals surface area contributed by atoms with Crippen LogP contribution < -0.4 is 16.0 Å². The zero-order valence-corrected chi connectivity index (χ0v) is 13.0. The van der Waals surface area contributed by atoms with Crippen molar-refractivity contribution in [2.24, 2.45) is 5.84 Å².